The standard InChI is InChI=1S/C29H33ClN4O4S/c1-38-21-29-20-33(39(36,37)26-10-8-23-15-25(30)9-7-24(23)16-26)18-27(35)34(29)19-28(31-29)11-13-32(14-12-28)17-22-5-3-2-4-6-22/h2-10,15-16,31H,11-14,17-21H2,1H3. The molecule has 39 heavy (non-hydrogen) atoms. The molecular formula is C29H33ClN4O4S. The second-order valence-corrected chi connectivity index (χ2v) is 13.4. The van der Waals surface area contributed by atoms with Crippen molar-refractivity contribution in [2.24, 2.45) is 0 Å². The molecule has 1 amide bonds. The lowest BCUT2D eigenvalue weighted by atomic mass is 9.88. The van der Waals surface area contributed by atoms with E-state index in [-0.39, 0.29) is 36.0 Å². The van der Waals surface area contributed by atoms with Crippen molar-refractivity contribution in [1.82, 2.24) is 19.4 Å². The summed E-state index contributed by atoms with van der Waals surface area (Å²) in [5, 5.41) is 5.98. The number of piperidine rings is 1. The van der Waals surface area contributed by atoms with Crippen LogP contribution in [0.1, 0.15) is 18.4 Å². The molecule has 3 aromatic carbocycles. The van der Waals surface area contributed by atoms with Gasteiger partial charge in [-0.3, -0.25) is 15.0 Å². The average Bonchev–Trinajstić information content (AvgIpc) is 3.24. The Labute approximate surface area is 234 Å². The summed E-state index contributed by atoms with van der Waals surface area (Å²) in [4.78, 5) is 18.0. The van der Waals surface area contributed by atoms with Gasteiger partial charge in [0.25, 0.3) is 0 Å². The average molecular weight is 569 g/mol. The van der Waals surface area contributed by atoms with Gasteiger partial charge in [0.05, 0.1) is 24.6 Å². The first kappa shape index (κ1) is 26.7. The third-order valence-corrected chi connectivity index (χ3v) is 10.4. The fraction of sp³-hybridized carbons (Fsp3) is 0.414. The van der Waals surface area contributed by atoms with Crippen LogP contribution in [0.4, 0.5) is 0 Å². The molecule has 3 fully saturated rings. The molecule has 3 aliphatic rings. The van der Waals surface area contributed by atoms with Gasteiger partial charge in [-0.2, -0.15) is 4.31 Å². The molecule has 10 heteroatoms. The first-order valence-electron chi connectivity index (χ1n) is 13.3. The number of carbonyl (C=O) groups is 1. The Morgan fingerprint density at radius 1 is 0.974 bits per heavy atom. The maximum atomic E-state index is 13.8. The molecule has 0 aliphatic carbocycles. The number of methoxy groups -OCH3 is 1. The summed E-state index contributed by atoms with van der Waals surface area (Å²) in [5.74, 6) is -0.203. The molecule has 8 nitrogen and oxygen atoms in total. The normalized spacial score (nSPS) is 23.9. The van der Waals surface area contributed by atoms with Gasteiger partial charge >= 0.3 is 0 Å². The predicted molar refractivity (Wildman–Crippen MR) is 151 cm³/mol. The van der Waals surface area contributed by atoms with E-state index >= 15 is 0 Å². The largest absolute Gasteiger partial charge is 0.381 e. The molecule has 3 heterocycles. The number of amides is 1. The van der Waals surface area contributed by atoms with Gasteiger partial charge in [-0.25, -0.2) is 8.42 Å². The Morgan fingerprint density at radius 3 is 2.44 bits per heavy atom. The van der Waals surface area contributed by atoms with Crippen molar-refractivity contribution in [3.05, 3.63) is 77.3 Å². The fourth-order valence-electron chi connectivity index (χ4n) is 6.43. The van der Waals surface area contributed by atoms with Crippen LogP contribution in [0.25, 0.3) is 10.8 Å². The highest BCUT2D eigenvalue weighted by molar-refractivity contribution is 7.89. The quantitative estimate of drug-likeness (QED) is 0.491. The minimum Gasteiger partial charge on any atom is -0.381 e. The first-order chi connectivity index (χ1) is 18.7. The van der Waals surface area contributed by atoms with Gasteiger partial charge in [-0.15, -0.1) is 0 Å². The van der Waals surface area contributed by atoms with Gasteiger partial charge < -0.3 is 9.64 Å². The van der Waals surface area contributed by atoms with Crippen molar-refractivity contribution in [2.75, 3.05) is 46.4 Å². The molecule has 3 aromatic rings. The van der Waals surface area contributed by atoms with Crippen LogP contribution in [-0.4, -0.2) is 86.1 Å². The number of rotatable bonds is 6. The first-order valence-corrected chi connectivity index (χ1v) is 15.1. The molecule has 1 unspecified atom stereocenters. The second-order valence-electron chi connectivity index (χ2n) is 11.0. The number of hydrogen-bond acceptors (Lipinski definition) is 6. The summed E-state index contributed by atoms with van der Waals surface area (Å²) in [6.45, 7) is 3.39. The topological polar surface area (TPSA) is 82.2 Å². The van der Waals surface area contributed by atoms with Gasteiger partial charge in [0, 0.05) is 43.9 Å². The minimum absolute atomic E-state index is 0.128. The van der Waals surface area contributed by atoms with Crippen molar-refractivity contribution in [3.63, 3.8) is 0 Å². The minimum atomic E-state index is -3.93. The lowest BCUT2D eigenvalue weighted by Gasteiger charge is -2.45. The van der Waals surface area contributed by atoms with Crippen LogP contribution in [0.3, 0.4) is 0 Å². The number of likely N-dealkylation sites (tertiary alicyclic amines) is 1. The van der Waals surface area contributed by atoms with E-state index in [9.17, 15) is 13.2 Å². The highest BCUT2D eigenvalue weighted by Crippen LogP contribution is 2.39. The van der Waals surface area contributed by atoms with Crippen molar-refractivity contribution >= 4 is 38.3 Å². The summed E-state index contributed by atoms with van der Waals surface area (Å²) in [7, 11) is -2.34. The van der Waals surface area contributed by atoms with Crippen molar-refractivity contribution < 1.29 is 17.9 Å². The predicted octanol–water partition coefficient (Wildman–Crippen LogP) is 3.31. The SMILES string of the molecule is COCC12CN(S(=O)(=O)c3ccc4cc(Cl)ccc4c3)CC(=O)N1CC1(CCN(Cc3ccccc3)CC1)N2. The number of carbonyl (C=O) groups excluding carboxylic acids is 1. The number of hydrogen-bond donors (Lipinski definition) is 1. The fourth-order valence-corrected chi connectivity index (χ4v) is 8.09. The van der Waals surface area contributed by atoms with E-state index in [4.69, 9.17) is 16.3 Å². The molecule has 3 saturated heterocycles. The summed E-state index contributed by atoms with van der Waals surface area (Å²) < 4.78 is 34.5. The van der Waals surface area contributed by atoms with Gasteiger partial charge in [0.2, 0.25) is 15.9 Å². The number of ether oxygens (including phenoxy) is 1. The van der Waals surface area contributed by atoms with Crippen LogP contribution in [0, 0.1) is 0 Å². The summed E-state index contributed by atoms with van der Waals surface area (Å²) in [6, 6.07) is 20.8. The Kier molecular flexibility index (Phi) is 6.94. The van der Waals surface area contributed by atoms with E-state index in [1.54, 1.807) is 43.5 Å². The van der Waals surface area contributed by atoms with Crippen molar-refractivity contribution in [3.8, 4) is 0 Å². The zero-order valence-electron chi connectivity index (χ0n) is 22.0. The molecular weight excluding hydrogens is 536 g/mol. The van der Waals surface area contributed by atoms with Crippen LogP contribution >= 0.6 is 11.6 Å². The molecule has 0 saturated carbocycles. The molecule has 1 atom stereocenters. The van der Waals surface area contributed by atoms with E-state index in [0.717, 1.165) is 43.2 Å². The highest BCUT2D eigenvalue weighted by atomic mass is 35.5. The third-order valence-electron chi connectivity index (χ3n) is 8.38. The number of nitrogens with one attached hydrogen (secondary N) is 1. The van der Waals surface area contributed by atoms with Gasteiger partial charge in [0.15, 0.2) is 0 Å². The molecule has 6 rings (SSSR count). The van der Waals surface area contributed by atoms with Crippen LogP contribution in [0.5, 0.6) is 0 Å². The van der Waals surface area contributed by atoms with E-state index < -0.39 is 15.7 Å². The monoisotopic (exact) mass is 568 g/mol. The van der Waals surface area contributed by atoms with Gasteiger partial charge in [-0.1, -0.05) is 54.1 Å². The van der Waals surface area contributed by atoms with Crippen LogP contribution in [-0.2, 0) is 26.1 Å². The zero-order valence-corrected chi connectivity index (χ0v) is 23.5. The maximum Gasteiger partial charge on any atom is 0.243 e. The van der Waals surface area contributed by atoms with Crippen molar-refractivity contribution in [2.45, 2.75) is 35.5 Å². The highest BCUT2D eigenvalue weighted by Gasteiger charge is 2.59. The molecule has 3 aliphatic heterocycles. The van der Waals surface area contributed by atoms with Gasteiger partial charge in [-0.05, 0) is 53.4 Å². The van der Waals surface area contributed by atoms with Gasteiger partial charge in [0.1, 0.15) is 5.66 Å². The number of halogens is 1. The number of nitrogens with zero attached hydrogens (tertiary/aromatic N) is 3. The summed E-state index contributed by atoms with van der Waals surface area (Å²) >= 11 is 6.10. The molecule has 0 radical (unpaired) electrons. The second kappa shape index (κ2) is 10.1. The molecule has 206 valence electrons. The summed E-state index contributed by atoms with van der Waals surface area (Å²) in [6.07, 6.45) is 1.74. The van der Waals surface area contributed by atoms with E-state index in [2.05, 4.69) is 34.5 Å². The molecule has 0 bridgehead atoms. The number of fused-ring (bicyclic) bond motifs is 2. The molecule has 1 spiro atoms. The van der Waals surface area contributed by atoms with E-state index in [1.807, 2.05) is 11.0 Å². The third kappa shape index (κ3) is 4.96. The van der Waals surface area contributed by atoms with Crippen LogP contribution in [0.2, 0.25) is 5.02 Å². The Morgan fingerprint density at radius 2 is 1.69 bits per heavy atom. The number of piperazine rings is 1. The van der Waals surface area contributed by atoms with Crippen LogP contribution < -0.4 is 5.32 Å². The van der Waals surface area contributed by atoms with Crippen molar-refractivity contribution in [1.29, 1.82) is 0 Å². The lowest BCUT2D eigenvalue weighted by Crippen LogP contribution is -2.70. The molecule has 1 N–H and O–H groups in total. The number of benzene rings is 3. The number of sulfonamides is 1. The Hall–Kier alpha value is -2.53. The maximum absolute atomic E-state index is 13.8. The Balaban J connectivity index is 1.23. The zero-order chi connectivity index (χ0) is 27.3. The Bertz CT molecular complexity index is 1490. The molecule has 0 aromatic heterocycles. The summed E-state index contributed by atoms with van der Waals surface area (Å²) in [5.41, 5.74) is 0.0980. The lowest BCUT2D eigenvalue weighted by molar-refractivity contribution is -0.144. The van der Waals surface area contributed by atoms with E-state index in [1.165, 1.54) is 9.87 Å². The van der Waals surface area contributed by atoms with Crippen LogP contribution in [0.15, 0.2) is 71.6 Å². The smallest absolute Gasteiger partial charge is 0.243 e. The van der Waals surface area contributed by atoms with E-state index in [0.29, 0.717) is 11.6 Å².